The summed E-state index contributed by atoms with van der Waals surface area (Å²) >= 11 is 0. The molecule has 2 amide bonds. The van der Waals surface area contributed by atoms with Gasteiger partial charge in [0.05, 0.1) is 38.8 Å². The molecule has 32 heavy (non-hydrogen) atoms. The highest BCUT2D eigenvalue weighted by Gasteiger charge is 2.41. The van der Waals surface area contributed by atoms with Crippen molar-refractivity contribution in [1.29, 1.82) is 0 Å². The SMILES string of the molecule is C=CC(=O)N(OC)C1CC(C(=O)OCCCCCP(=O)(O)O)CC(N(OC)C(=O)C=C)C1. The maximum absolute atomic E-state index is 12.7. The number of carbonyl (C=O) groups is 3. The third kappa shape index (κ3) is 8.84. The quantitative estimate of drug-likeness (QED) is 0.133. The van der Waals surface area contributed by atoms with Gasteiger partial charge in [0.15, 0.2) is 0 Å². The number of esters is 1. The van der Waals surface area contributed by atoms with Crippen LogP contribution in [0.3, 0.4) is 0 Å². The first-order chi connectivity index (χ1) is 15.1. The molecule has 0 saturated heterocycles. The summed E-state index contributed by atoms with van der Waals surface area (Å²) in [5, 5.41) is 2.24. The molecule has 1 saturated carbocycles. The maximum atomic E-state index is 12.7. The van der Waals surface area contributed by atoms with E-state index in [1.54, 1.807) is 0 Å². The molecule has 1 fully saturated rings. The lowest BCUT2D eigenvalue weighted by molar-refractivity contribution is -0.209. The summed E-state index contributed by atoms with van der Waals surface area (Å²) in [6.45, 7) is 7.01. The Morgan fingerprint density at radius 3 is 1.84 bits per heavy atom. The van der Waals surface area contributed by atoms with Gasteiger partial charge in [0, 0.05) is 6.16 Å². The molecule has 2 N–H and O–H groups in total. The van der Waals surface area contributed by atoms with Crippen LogP contribution < -0.4 is 0 Å². The predicted molar refractivity (Wildman–Crippen MR) is 115 cm³/mol. The zero-order chi connectivity index (χ0) is 24.3. The zero-order valence-corrected chi connectivity index (χ0v) is 19.4. The molecule has 0 heterocycles. The van der Waals surface area contributed by atoms with Gasteiger partial charge in [-0.05, 0) is 50.7 Å². The van der Waals surface area contributed by atoms with Gasteiger partial charge in [-0.15, -0.1) is 0 Å². The van der Waals surface area contributed by atoms with E-state index in [1.807, 2.05) is 0 Å². The van der Waals surface area contributed by atoms with Gasteiger partial charge in [0.25, 0.3) is 11.8 Å². The Hall–Kier alpha value is -2.04. The van der Waals surface area contributed by atoms with Crippen molar-refractivity contribution in [3.63, 3.8) is 0 Å². The highest BCUT2D eigenvalue weighted by atomic mass is 31.2. The molecule has 1 aliphatic carbocycles. The van der Waals surface area contributed by atoms with E-state index < -0.39 is 43.4 Å². The van der Waals surface area contributed by atoms with Crippen LogP contribution in [0.25, 0.3) is 0 Å². The number of rotatable bonds is 13. The van der Waals surface area contributed by atoms with Crippen molar-refractivity contribution in [3.05, 3.63) is 25.3 Å². The van der Waals surface area contributed by atoms with Gasteiger partial charge in [-0.2, -0.15) is 0 Å². The Labute approximate surface area is 188 Å². The lowest BCUT2D eigenvalue weighted by Crippen LogP contribution is -2.51. The molecule has 182 valence electrons. The number of amides is 2. The van der Waals surface area contributed by atoms with Crippen LogP contribution in [0.1, 0.15) is 38.5 Å². The monoisotopic (exact) mass is 476 g/mol. The zero-order valence-electron chi connectivity index (χ0n) is 18.6. The number of ether oxygens (including phenoxy) is 1. The Bertz CT molecular complexity index is 688. The molecule has 0 aliphatic heterocycles. The molecule has 2 unspecified atom stereocenters. The predicted octanol–water partition coefficient (Wildman–Crippen LogP) is 1.57. The molecule has 0 aromatic carbocycles. The van der Waals surface area contributed by atoms with Crippen molar-refractivity contribution >= 4 is 25.4 Å². The summed E-state index contributed by atoms with van der Waals surface area (Å²) < 4.78 is 16.2. The van der Waals surface area contributed by atoms with E-state index in [9.17, 15) is 18.9 Å². The van der Waals surface area contributed by atoms with Gasteiger partial charge in [0.1, 0.15) is 0 Å². The lowest BCUT2D eigenvalue weighted by Gasteiger charge is -2.41. The first-order valence-corrected chi connectivity index (χ1v) is 12.1. The number of hydrogen-bond acceptors (Lipinski definition) is 7. The number of unbranched alkanes of at least 4 members (excludes halogenated alkanes) is 2. The molecule has 0 radical (unpaired) electrons. The lowest BCUT2D eigenvalue weighted by atomic mass is 9.82. The number of hydroxylamine groups is 4. The normalized spacial score (nSPS) is 20.8. The Morgan fingerprint density at radius 1 is 0.938 bits per heavy atom. The van der Waals surface area contributed by atoms with Gasteiger partial charge >= 0.3 is 13.6 Å². The third-order valence-electron chi connectivity index (χ3n) is 5.17. The molecular formula is C20H33N2O9P. The van der Waals surface area contributed by atoms with Gasteiger partial charge in [-0.25, -0.2) is 10.1 Å². The van der Waals surface area contributed by atoms with Gasteiger partial charge in [0.2, 0.25) is 0 Å². The summed E-state index contributed by atoms with van der Waals surface area (Å²) in [6, 6.07) is -1.05. The van der Waals surface area contributed by atoms with Crippen molar-refractivity contribution in [2.45, 2.75) is 50.6 Å². The molecule has 0 bridgehead atoms. The fourth-order valence-corrected chi connectivity index (χ4v) is 4.38. The van der Waals surface area contributed by atoms with Crippen molar-refractivity contribution < 1.29 is 43.1 Å². The van der Waals surface area contributed by atoms with Crippen LogP contribution in [0.2, 0.25) is 0 Å². The van der Waals surface area contributed by atoms with E-state index in [1.165, 1.54) is 14.2 Å². The van der Waals surface area contributed by atoms with E-state index in [0.717, 1.165) is 22.3 Å². The molecule has 2 atom stereocenters. The average molecular weight is 476 g/mol. The Morgan fingerprint density at radius 2 is 1.44 bits per heavy atom. The van der Waals surface area contributed by atoms with Crippen molar-refractivity contribution in [1.82, 2.24) is 10.1 Å². The second-order valence-corrected chi connectivity index (χ2v) is 9.21. The van der Waals surface area contributed by atoms with Crippen LogP contribution in [-0.2, 0) is 33.4 Å². The smallest absolute Gasteiger partial charge is 0.325 e. The van der Waals surface area contributed by atoms with E-state index in [0.29, 0.717) is 25.7 Å². The number of carbonyl (C=O) groups excluding carboxylic acids is 3. The first-order valence-electron chi connectivity index (χ1n) is 10.3. The maximum Gasteiger partial charge on any atom is 0.325 e. The highest BCUT2D eigenvalue weighted by molar-refractivity contribution is 7.51. The van der Waals surface area contributed by atoms with E-state index in [4.69, 9.17) is 24.2 Å². The van der Waals surface area contributed by atoms with Gasteiger partial charge in [-0.1, -0.05) is 13.2 Å². The number of hydrogen-bond donors (Lipinski definition) is 2. The fraction of sp³-hybridized carbons (Fsp3) is 0.650. The van der Waals surface area contributed by atoms with Crippen molar-refractivity contribution in [2.24, 2.45) is 5.92 Å². The van der Waals surface area contributed by atoms with Crippen molar-refractivity contribution in [3.8, 4) is 0 Å². The van der Waals surface area contributed by atoms with Crippen LogP contribution in [-0.4, -0.2) is 76.8 Å². The molecule has 11 nitrogen and oxygen atoms in total. The van der Waals surface area contributed by atoms with Crippen LogP contribution in [0.15, 0.2) is 25.3 Å². The van der Waals surface area contributed by atoms with E-state index in [2.05, 4.69) is 13.2 Å². The number of nitrogens with zero attached hydrogens (tertiary/aromatic N) is 2. The van der Waals surface area contributed by atoms with Gasteiger partial charge < -0.3 is 14.5 Å². The van der Waals surface area contributed by atoms with Crippen LogP contribution in [0, 0.1) is 5.92 Å². The summed E-state index contributed by atoms with van der Waals surface area (Å²) in [6.07, 6.45) is 4.13. The van der Waals surface area contributed by atoms with Crippen LogP contribution in [0.5, 0.6) is 0 Å². The van der Waals surface area contributed by atoms with E-state index in [-0.39, 0.29) is 25.6 Å². The average Bonchev–Trinajstić information content (AvgIpc) is 2.75. The van der Waals surface area contributed by atoms with E-state index >= 15 is 0 Å². The molecule has 1 rings (SSSR count). The molecule has 12 heteroatoms. The first kappa shape index (κ1) is 28.0. The second-order valence-electron chi connectivity index (χ2n) is 7.43. The highest BCUT2D eigenvalue weighted by Crippen LogP contribution is 2.35. The topological polar surface area (TPSA) is 143 Å². The minimum atomic E-state index is -4.03. The van der Waals surface area contributed by atoms with Crippen LogP contribution in [0.4, 0.5) is 0 Å². The largest absolute Gasteiger partial charge is 0.465 e. The molecule has 1 aliphatic rings. The van der Waals surface area contributed by atoms with Crippen molar-refractivity contribution in [2.75, 3.05) is 27.0 Å². The molecule has 0 aromatic heterocycles. The second kappa shape index (κ2) is 13.5. The molecule has 0 spiro atoms. The minimum absolute atomic E-state index is 0.102. The standard InChI is InChI=1S/C20H33N2O9P/c1-5-18(23)21(29-3)16-12-15(13-17(14-16)22(30-4)19(24)6-2)20(25)31-10-8-7-9-11-32(26,27)28/h5-6,15-17H,1-2,7-14H2,3-4H3,(H2,26,27,28). The fourth-order valence-electron chi connectivity index (χ4n) is 3.74. The summed E-state index contributed by atoms with van der Waals surface area (Å²) in [4.78, 5) is 65.2. The Kier molecular flexibility index (Phi) is 11.8. The summed E-state index contributed by atoms with van der Waals surface area (Å²) in [5.41, 5.74) is 0. The minimum Gasteiger partial charge on any atom is -0.465 e. The van der Waals surface area contributed by atoms with Crippen LogP contribution >= 0.6 is 7.60 Å². The van der Waals surface area contributed by atoms with Gasteiger partial charge in [-0.3, -0.25) is 28.6 Å². The molecular weight excluding hydrogens is 443 g/mol. The summed E-state index contributed by atoms with van der Waals surface area (Å²) in [7, 11) is -1.36. The molecule has 0 aromatic rings. The third-order valence-corrected chi connectivity index (χ3v) is 6.07. The summed E-state index contributed by atoms with van der Waals surface area (Å²) in [5.74, 6) is -2.07. The Balaban J connectivity index is 2.83.